The molecule has 1 saturated heterocycles. The zero-order valence-corrected chi connectivity index (χ0v) is 19.6. The van der Waals surface area contributed by atoms with Crippen LogP contribution in [0.15, 0.2) is 17.0 Å². The lowest BCUT2D eigenvalue weighted by atomic mass is 10.1. The SMILES string of the molecule is COc1cc(C)c(S(=O)(=O)N2CCSC[C@H]2COCC(=O)OC(C)(C)C)c(C)c1. The summed E-state index contributed by atoms with van der Waals surface area (Å²) in [4.78, 5) is 12.2. The van der Waals surface area contributed by atoms with Crippen LogP contribution in [0.5, 0.6) is 5.75 Å². The Morgan fingerprint density at radius 2 is 1.86 bits per heavy atom. The zero-order valence-electron chi connectivity index (χ0n) is 18.0. The van der Waals surface area contributed by atoms with E-state index in [9.17, 15) is 13.2 Å². The van der Waals surface area contributed by atoms with Gasteiger partial charge in [-0.2, -0.15) is 16.1 Å². The fraction of sp³-hybridized carbons (Fsp3) is 0.650. The largest absolute Gasteiger partial charge is 0.497 e. The van der Waals surface area contributed by atoms with Gasteiger partial charge in [0.25, 0.3) is 0 Å². The zero-order chi connectivity index (χ0) is 21.8. The number of benzene rings is 1. The Labute approximate surface area is 178 Å². The summed E-state index contributed by atoms with van der Waals surface area (Å²) in [5.74, 6) is 1.50. The van der Waals surface area contributed by atoms with Crippen molar-refractivity contribution in [3.05, 3.63) is 23.3 Å². The minimum Gasteiger partial charge on any atom is -0.497 e. The molecule has 0 radical (unpaired) electrons. The van der Waals surface area contributed by atoms with E-state index >= 15 is 0 Å². The fourth-order valence-corrected chi connectivity index (χ4v) is 6.57. The molecule has 0 saturated carbocycles. The number of aryl methyl sites for hydroxylation is 2. The van der Waals surface area contributed by atoms with Crippen molar-refractivity contribution in [2.45, 2.75) is 51.2 Å². The summed E-state index contributed by atoms with van der Waals surface area (Å²) >= 11 is 1.68. The van der Waals surface area contributed by atoms with Gasteiger partial charge in [0.1, 0.15) is 18.0 Å². The number of nitrogens with zero attached hydrogens (tertiary/aromatic N) is 1. The normalized spacial score (nSPS) is 18.5. The molecule has 0 N–H and O–H groups in total. The summed E-state index contributed by atoms with van der Waals surface area (Å²) in [5, 5.41) is 0. The standard InChI is InChI=1S/C20H31NO6S2/c1-14-9-17(25-6)10-15(2)19(14)29(23,24)21-7-8-28-13-16(21)11-26-12-18(22)27-20(3,4)5/h9-10,16H,7-8,11-13H2,1-6H3/t16-/m1/s1. The molecule has 1 aromatic carbocycles. The minimum absolute atomic E-state index is 0.139. The van der Waals surface area contributed by atoms with E-state index in [0.29, 0.717) is 34.1 Å². The van der Waals surface area contributed by atoms with Crippen molar-refractivity contribution in [2.75, 3.05) is 38.4 Å². The number of thioether (sulfide) groups is 1. The van der Waals surface area contributed by atoms with Gasteiger partial charge in [0.2, 0.25) is 10.0 Å². The van der Waals surface area contributed by atoms with Gasteiger partial charge in [0, 0.05) is 18.1 Å². The lowest BCUT2D eigenvalue weighted by molar-refractivity contribution is -0.160. The van der Waals surface area contributed by atoms with Crippen LogP contribution in [0.4, 0.5) is 0 Å². The number of methoxy groups -OCH3 is 1. The summed E-state index contributed by atoms with van der Waals surface area (Å²) in [7, 11) is -2.15. The van der Waals surface area contributed by atoms with E-state index in [2.05, 4.69) is 0 Å². The molecule has 2 rings (SSSR count). The Bertz CT molecular complexity index is 809. The van der Waals surface area contributed by atoms with Crippen molar-refractivity contribution < 1.29 is 27.4 Å². The second-order valence-electron chi connectivity index (χ2n) is 8.04. The van der Waals surface area contributed by atoms with Crippen molar-refractivity contribution >= 4 is 27.8 Å². The molecule has 0 spiro atoms. The van der Waals surface area contributed by atoms with Gasteiger partial charge in [-0.05, 0) is 57.9 Å². The molecule has 0 bridgehead atoms. The van der Waals surface area contributed by atoms with Crippen LogP contribution in [0.1, 0.15) is 31.9 Å². The molecule has 1 aliphatic rings. The van der Waals surface area contributed by atoms with Gasteiger partial charge in [0.05, 0.1) is 24.7 Å². The number of hydrogen-bond donors (Lipinski definition) is 0. The van der Waals surface area contributed by atoms with Gasteiger partial charge in [0.15, 0.2) is 0 Å². The molecular formula is C20H31NO6S2. The number of hydrogen-bond acceptors (Lipinski definition) is 7. The number of rotatable bonds is 7. The lowest BCUT2D eigenvalue weighted by Gasteiger charge is -2.35. The Morgan fingerprint density at radius 3 is 2.41 bits per heavy atom. The maximum absolute atomic E-state index is 13.5. The second kappa shape index (κ2) is 9.68. The van der Waals surface area contributed by atoms with Gasteiger partial charge in [-0.1, -0.05) is 0 Å². The Balaban J connectivity index is 2.15. The second-order valence-corrected chi connectivity index (χ2v) is 11.0. The molecule has 0 aliphatic carbocycles. The van der Waals surface area contributed by atoms with Crippen molar-refractivity contribution in [2.24, 2.45) is 0 Å². The van der Waals surface area contributed by atoms with E-state index in [4.69, 9.17) is 14.2 Å². The van der Waals surface area contributed by atoms with Crippen LogP contribution in [-0.2, 0) is 24.3 Å². The monoisotopic (exact) mass is 445 g/mol. The maximum atomic E-state index is 13.5. The van der Waals surface area contributed by atoms with Gasteiger partial charge in [-0.15, -0.1) is 0 Å². The highest BCUT2D eigenvalue weighted by Gasteiger charge is 2.36. The minimum atomic E-state index is -3.71. The number of esters is 1. The fourth-order valence-electron chi connectivity index (χ4n) is 3.29. The molecular weight excluding hydrogens is 414 g/mol. The molecule has 0 unspecified atom stereocenters. The molecule has 7 nitrogen and oxygen atoms in total. The van der Waals surface area contributed by atoms with Crippen molar-refractivity contribution in [3.63, 3.8) is 0 Å². The predicted octanol–water partition coefficient (Wildman–Crippen LogP) is 2.78. The third-order valence-corrected chi connectivity index (χ3v) is 7.71. The molecule has 1 atom stereocenters. The molecule has 0 aromatic heterocycles. The summed E-state index contributed by atoms with van der Waals surface area (Å²) in [6, 6.07) is 3.11. The first-order chi connectivity index (χ1) is 13.5. The molecule has 29 heavy (non-hydrogen) atoms. The highest BCUT2D eigenvalue weighted by atomic mass is 32.2. The van der Waals surface area contributed by atoms with Crippen molar-refractivity contribution in [3.8, 4) is 5.75 Å². The third kappa shape index (κ3) is 6.34. The van der Waals surface area contributed by atoms with Crippen LogP contribution in [0.25, 0.3) is 0 Å². The van der Waals surface area contributed by atoms with Gasteiger partial charge in [-0.3, -0.25) is 0 Å². The lowest BCUT2D eigenvalue weighted by Crippen LogP contribution is -2.48. The quantitative estimate of drug-likeness (QED) is 0.597. The van der Waals surface area contributed by atoms with Crippen LogP contribution in [0, 0.1) is 13.8 Å². The van der Waals surface area contributed by atoms with Crippen LogP contribution in [0.3, 0.4) is 0 Å². The third-order valence-electron chi connectivity index (χ3n) is 4.36. The van der Waals surface area contributed by atoms with E-state index < -0.39 is 21.6 Å². The molecule has 164 valence electrons. The van der Waals surface area contributed by atoms with Crippen molar-refractivity contribution in [1.29, 1.82) is 0 Å². The number of ether oxygens (including phenoxy) is 3. The summed E-state index contributed by atoms with van der Waals surface area (Å²) < 4.78 is 44.4. The van der Waals surface area contributed by atoms with Crippen molar-refractivity contribution in [1.82, 2.24) is 4.31 Å². The summed E-state index contributed by atoms with van der Waals surface area (Å²) in [6.45, 7) is 9.25. The molecule has 0 amide bonds. The van der Waals surface area contributed by atoms with Crippen LogP contribution in [0.2, 0.25) is 0 Å². The molecule has 1 heterocycles. The maximum Gasteiger partial charge on any atom is 0.332 e. The molecule has 1 aromatic rings. The van der Waals surface area contributed by atoms with Gasteiger partial charge in [-0.25, -0.2) is 13.2 Å². The number of sulfonamides is 1. The van der Waals surface area contributed by atoms with Gasteiger partial charge < -0.3 is 14.2 Å². The van der Waals surface area contributed by atoms with Gasteiger partial charge >= 0.3 is 5.97 Å². The number of carbonyl (C=O) groups is 1. The Kier molecular flexibility index (Phi) is 8.00. The van der Waals surface area contributed by atoms with E-state index in [0.717, 1.165) is 5.75 Å². The van der Waals surface area contributed by atoms with E-state index in [1.807, 2.05) is 0 Å². The average molecular weight is 446 g/mol. The van der Waals surface area contributed by atoms with E-state index in [-0.39, 0.29) is 19.3 Å². The summed E-state index contributed by atoms with van der Waals surface area (Å²) in [6.07, 6.45) is 0. The smallest absolute Gasteiger partial charge is 0.332 e. The van der Waals surface area contributed by atoms with E-state index in [1.54, 1.807) is 65.6 Å². The first-order valence-corrected chi connectivity index (χ1v) is 12.1. The number of carbonyl (C=O) groups excluding carboxylic acids is 1. The first kappa shape index (κ1) is 24.0. The summed E-state index contributed by atoms with van der Waals surface area (Å²) in [5.41, 5.74) is 0.710. The highest BCUT2D eigenvalue weighted by Crippen LogP contribution is 2.31. The van der Waals surface area contributed by atoms with E-state index in [1.165, 1.54) is 4.31 Å². The highest BCUT2D eigenvalue weighted by molar-refractivity contribution is 7.99. The molecule has 1 fully saturated rings. The van der Waals surface area contributed by atoms with Crippen LogP contribution < -0.4 is 4.74 Å². The molecule has 9 heteroatoms. The molecule has 1 aliphatic heterocycles. The Hall–Kier alpha value is -1.29. The Morgan fingerprint density at radius 1 is 1.24 bits per heavy atom. The first-order valence-electron chi connectivity index (χ1n) is 9.50. The van der Waals surface area contributed by atoms with Crippen LogP contribution >= 0.6 is 11.8 Å². The van der Waals surface area contributed by atoms with Crippen LogP contribution in [-0.4, -0.2) is 68.7 Å². The average Bonchev–Trinajstić information content (AvgIpc) is 2.59. The predicted molar refractivity (Wildman–Crippen MR) is 114 cm³/mol. The topological polar surface area (TPSA) is 82.1 Å².